The first kappa shape index (κ1) is 16.8. The van der Waals surface area contributed by atoms with Crippen LogP contribution in [0.1, 0.15) is 41.1 Å². The lowest BCUT2D eigenvalue weighted by atomic mass is 9.94. The minimum Gasteiger partial charge on any atom is -0.497 e. The topological polar surface area (TPSA) is 29.5 Å². The van der Waals surface area contributed by atoms with E-state index in [0.717, 1.165) is 38.1 Å². The number of ether oxygens (including phenoxy) is 1. The second kappa shape index (κ2) is 7.71. The predicted molar refractivity (Wildman–Crippen MR) is 96.9 cm³/mol. The van der Waals surface area contributed by atoms with Crippen LogP contribution >= 0.6 is 11.6 Å². The fourth-order valence-corrected chi connectivity index (χ4v) is 3.50. The van der Waals surface area contributed by atoms with Crippen LogP contribution in [0.5, 0.6) is 5.75 Å². The Morgan fingerprint density at radius 3 is 2.58 bits per heavy atom. The smallest absolute Gasteiger partial charge is 0.255 e. The Morgan fingerprint density at radius 2 is 1.88 bits per heavy atom. The van der Waals surface area contributed by atoms with Crippen molar-refractivity contribution in [3.63, 3.8) is 0 Å². The zero-order chi connectivity index (χ0) is 16.9. The number of amides is 1. The molecule has 0 aliphatic carbocycles. The Hall–Kier alpha value is -2.00. The molecule has 0 bridgehead atoms. The van der Waals surface area contributed by atoms with Crippen molar-refractivity contribution >= 4 is 17.5 Å². The lowest BCUT2D eigenvalue weighted by molar-refractivity contribution is 0.0754. The van der Waals surface area contributed by atoms with E-state index in [4.69, 9.17) is 16.3 Å². The van der Waals surface area contributed by atoms with Gasteiger partial charge in [-0.1, -0.05) is 42.3 Å². The molecule has 4 heteroatoms. The molecule has 1 unspecified atom stereocenters. The fraction of sp³-hybridized carbons (Fsp3) is 0.350. The highest BCUT2D eigenvalue weighted by Crippen LogP contribution is 2.29. The summed E-state index contributed by atoms with van der Waals surface area (Å²) in [5.74, 6) is 1.24. The van der Waals surface area contributed by atoms with Crippen LogP contribution in [-0.2, 0) is 0 Å². The van der Waals surface area contributed by atoms with Crippen molar-refractivity contribution in [3.8, 4) is 5.75 Å². The molecule has 1 amide bonds. The molecule has 1 saturated heterocycles. The molecule has 2 aromatic carbocycles. The third kappa shape index (κ3) is 3.73. The zero-order valence-electron chi connectivity index (χ0n) is 13.9. The molecule has 126 valence electrons. The van der Waals surface area contributed by atoms with Gasteiger partial charge in [-0.25, -0.2) is 0 Å². The lowest BCUT2D eigenvalue weighted by Crippen LogP contribution is -2.34. The second-order valence-corrected chi connectivity index (χ2v) is 6.60. The molecule has 1 aliphatic heterocycles. The van der Waals surface area contributed by atoms with Gasteiger partial charge in [0.25, 0.3) is 5.91 Å². The molecule has 1 heterocycles. The fourth-order valence-electron chi connectivity index (χ4n) is 3.28. The van der Waals surface area contributed by atoms with Crippen LogP contribution in [0.15, 0.2) is 48.5 Å². The molecule has 24 heavy (non-hydrogen) atoms. The summed E-state index contributed by atoms with van der Waals surface area (Å²) in [7, 11) is 1.67. The highest BCUT2D eigenvalue weighted by molar-refractivity contribution is 6.33. The SMILES string of the molecule is COc1ccc(C2CCCCN(C(=O)c3ccccc3Cl)C2)cc1. The van der Waals surface area contributed by atoms with E-state index in [2.05, 4.69) is 12.1 Å². The predicted octanol–water partition coefficient (Wildman–Crippen LogP) is 4.76. The quantitative estimate of drug-likeness (QED) is 0.804. The van der Waals surface area contributed by atoms with Gasteiger partial charge < -0.3 is 9.64 Å². The van der Waals surface area contributed by atoms with Crippen LogP contribution in [0.4, 0.5) is 0 Å². The van der Waals surface area contributed by atoms with E-state index in [0.29, 0.717) is 16.5 Å². The van der Waals surface area contributed by atoms with E-state index in [9.17, 15) is 4.79 Å². The van der Waals surface area contributed by atoms with Crippen LogP contribution in [-0.4, -0.2) is 31.0 Å². The maximum absolute atomic E-state index is 12.9. The molecule has 2 aromatic rings. The molecule has 0 radical (unpaired) electrons. The van der Waals surface area contributed by atoms with Crippen molar-refractivity contribution < 1.29 is 9.53 Å². The summed E-state index contributed by atoms with van der Waals surface area (Å²) < 4.78 is 5.23. The van der Waals surface area contributed by atoms with Crippen LogP contribution in [0, 0.1) is 0 Å². The second-order valence-electron chi connectivity index (χ2n) is 6.20. The maximum atomic E-state index is 12.9. The molecule has 1 aliphatic rings. The Kier molecular flexibility index (Phi) is 5.41. The van der Waals surface area contributed by atoms with Crippen LogP contribution in [0.2, 0.25) is 5.02 Å². The number of methoxy groups -OCH3 is 1. The summed E-state index contributed by atoms with van der Waals surface area (Å²) in [6.45, 7) is 1.52. The van der Waals surface area contributed by atoms with Gasteiger partial charge in [0.2, 0.25) is 0 Å². The van der Waals surface area contributed by atoms with Crippen LogP contribution < -0.4 is 4.74 Å². The molecule has 1 atom stereocenters. The number of benzene rings is 2. The third-order valence-electron chi connectivity index (χ3n) is 4.65. The van der Waals surface area contributed by atoms with Crippen molar-refractivity contribution in [2.75, 3.05) is 20.2 Å². The zero-order valence-corrected chi connectivity index (χ0v) is 14.6. The van der Waals surface area contributed by atoms with E-state index >= 15 is 0 Å². The first-order valence-corrected chi connectivity index (χ1v) is 8.74. The number of hydrogen-bond acceptors (Lipinski definition) is 2. The molecular formula is C20H22ClNO2. The van der Waals surface area contributed by atoms with E-state index in [-0.39, 0.29) is 5.91 Å². The number of halogens is 1. The Labute approximate surface area is 148 Å². The summed E-state index contributed by atoms with van der Waals surface area (Å²) in [4.78, 5) is 14.8. The molecule has 0 N–H and O–H groups in total. The number of nitrogens with zero attached hydrogens (tertiary/aromatic N) is 1. The Bertz CT molecular complexity index is 699. The third-order valence-corrected chi connectivity index (χ3v) is 4.98. The molecule has 3 rings (SSSR count). The summed E-state index contributed by atoms with van der Waals surface area (Å²) in [6.07, 6.45) is 3.25. The van der Waals surface area contributed by atoms with Gasteiger partial charge in [0.1, 0.15) is 5.75 Å². The van der Waals surface area contributed by atoms with Crippen molar-refractivity contribution in [2.24, 2.45) is 0 Å². The number of rotatable bonds is 3. The average molecular weight is 344 g/mol. The molecule has 0 spiro atoms. The Balaban J connectivity index is 1.79. The van der Waals surface area contributed by atoms with Crippen molar-refractivity contribution in [2.45, 2.75) is 25.2 Å². The van der Waals surface area contributed by atoms with E-state index in [1.165, 1.54) is 5.56 Å². The lowest BCUT2D eigenvalue weighted by Gasteiger charge is -2.25. The molecule has 3 nitrogen and oxygen atoms in total. The minimum atomic E-state index is 0.0287. The number of carbonyl (C=O) groups excluding carboxylic acids is 1. The summed E-state index contributed by atoms with van der Waals surface area (Å²) in [5.41, 5.74) is 1.85. The van der Waals surface area contributed by atoms with Crippen molar-refractivity contribution in [3.05, 3.63) is 64.7 Å². The summed E-state index contributed by atoms with van der Waals surface area (Å²) >= 11 is 6.20. The number of carbonyl (C=O) groups is 1. The van der Waals surface area contributed by atoms with Gasteiger partial charge in [0, 0.05) is 19.0 Å². The number of hydrogen-bond donors (Lipinski definition) is 0. The summed E-state index contributed by atoms with van der Waals surface area (Å²) in [6, 6.07) is 15.5. The average Bonchev–Trinajstić information content (AvgIpc) is 2.88. The highest BCUT2D eigenvalue weighted by atomic mass is 35.5. The van der Waals surface area contributed by atoms with Gasteiger partial charge in [-0.05, 0) is 42.7 Å². The van der Waals surface area contributed by atoms with Gasteiger partial charge in [-0.2, -0.15) is 0 Å². The van der Waals surface area contributed by atoms with E-state index in [1.807, 2.05) is 29.2 Å². The maximum Gasteiger partial charge on any atom is 0.255 e. The van der Waals surface area contributed by atoms with Crippen LogP contribution in [0.3, 0.4) is 0 Å². The normalized spacial score (nSPS) is 18.1. The van der Waals surface area contributed by atoms with Crippen molar-refractivity contribution in [1.82, 2.24) is 4.90 Å². The Morgan fingerprint density at radius 1 is 1.12 bits per heavy atom. The monoisotopic (exact) mass is 343 g/mol. The van der Waals surface area contributed by atoms with E-state index < -0.39 is 0 Å². The van der Waals surface area contributed by atoms with Crippen molar-refractivity contribution in [1.29, 1.82) is 0 Å². The standard InChI is InChI=1S/C20H22ClNO2/c1-24-17-11-9-15(10-12-17)16-6-4-5-13-22(14-16)20(23)18-7-2-3-8-19(18)21/h2-3,7-12,16H,4-6,13-14H2,1H3. The first-order chi connectivity index (χ1) is 11.7. The minimum absolute atomic E-state index is 0.0287. The van der Waals surface area contributed by atoms with Gasteiger partial charge in [0.15, 0.2) is 0 Å². The number of likely N-dealkylation sites (tertiary alicyclic amines) is 1. The molecular weight excluding hydrogens is 322 g/mol. The van der Waals surface area contributed by atoms with Gasteiger partial charge in [0.05, 0.1) is 17.7 Å². The van der Waals surface area contributed by atoms with Gasteiger partial charge in [-0.15, -0.1) is 0 Å². The first-order valence-electron chi connectivity index (χ1n) is 8.37. The summed E-state index contributed by atoms with van der Waals surface area (Å²) in [5, 5.41) is 0.521. The van der Waals surface area contributed by atoms with Crippen LogP contribution in [0.25, 0.3) is 0 Å². The molecule has 1 fully saturated rings. The largest absolute Gasteiger partial charge is 0.497 e. The van der Waals surface area contributed by atoms with Gasteiger partial charge >= 0.3 is 0 Å². The molecule has 0 saturated carbocycles. The highest BCUT2D eigenvalue weighted by Gasteiger charge is 2.25. The van der Waals surface area contributed by atoms with Gasteiger partial charge in [-0.3, -0.25) is 4.79 Å². The van der Waals surface area contributed by atoms with E-state index in [1.54, 1.807) is 19.2 Å². The molecule has 0 aromatic heterocycles.